The number of morpholine rings is 1. The SMILES string of the molecule is CNC(=O)C1COCCN1C(=O)C(C)OC. The van der Waals surface area contributed by atoms with E-state index < -0.39 is 12.1 Å². The van der Waals surface area contributed by atoms with E-state index in [1.54, 1.807) is 14.0 Å². The average Bonchev–Trinajstić information content (AvgIpc) is 2.35. The minimum absolute atomic E-state index is 0.181. The van der Waals surface area contributed by atoms with Gasteiger partial charge in [0.2, 0.25) is 5.91 Å². The summed E-state index contributed by atoms with van der Waals surface area (Å²) >= 11 is 0. The zero-order chi connectivity index (χ0) is 12.1. The fourth-order valence-corrected chi connectivity index (χ4v) is 1.59. The van der Waals surface area contributed by atoms with Gasteiger partial charge in [-0.2, -0.15) is 0 Å². The van der Waals surface area contributed by atoms with E-state index in [0.717, 1.165) is 0 Å². The summed E-state index contributed by atoms with van der Waals surface area (Å²) in [5.74, 6) is -0.393. The van der Waals surface area contributed by atoms with E-state index in [0.29, 0.717) is 13.2 Å². The van der Waals surface area contributed by atoms with Crippen molar-refractivity contribution in [1.82, 2.24) is 10.2 Å². The highest BCUT2D eigenvalue weighted by molar-refractivity contribution is 5.89. The van der Waals surface area contributed by atoms with Gasteiger partial charge in [-0.25, -0.2) is 0 Å². The smallest absolute Gasteiger partial charge is 0.252 e. The molecule has 6 nitrogen and oxygen atoms in total. The quantitative estimate of drug-likeness (QED) is 0.675. The number of rotatable bonds is 3. The predicted molar refractivity (Wildman–Crippen MR) is 56.9 cm³/mol. The number of methoxy groups -OCH3 is 1. The minimum Gasteiger partial charge on any atom is -0.377 e. The van der Waals surface area contributed by atoms with E-state index in [9.17, 15) is 9.59 Å². The van der Waals surface area contributed by atoms with Gasteiger partial charge >= 0.3 is 0 Å². The number of carbonyl (C=O) groups is 2. The van der Waals surface area contributed by atoms with E-state index in [1.165, 1.54) is 12.0 Å². The molecule has 2 amide bonds. The first-order valence-corrected chi connectivity index (χ1v) is 5.24. The van der Waals surface area contributed by atoms with Crippen LogP contribution in [0.2, 0.25) is 0 Å². The summed E-state index contributed by atoms with van der Waals surface area (Å²) in [5.41, 5.74) is 0. The first-order chi connectivity index (χ1) is 7.61. The minimum atomic E-state index is -0.552. The zero-order valence-corrected chi connectivity index (χ0v) is 9.86. The fraction of sp³-hybridized carbons (Fsp3) is 0.800. The molecule has 1 heterocycles. The van der Waals surface area contributed by atoms with Gasteiger partial charge in [0.25, 0.3) is 5.91 Å². The van der Waals surface area contributed by atoms with Crippen LogP contribution < -0.4 is 5.32 Å². The maximum Gasteiger partial charge on any atom is 0.252 e. The van der Waals surface area contributed by atoms with Gasteiger partial charge in [0.1, 0.15) is 12.1 Å². The number of likely N-dealkylation sites (N-methyl/N-ethyl adjacent to an activating group) is 1. The highest BCUT2D eigenvalue weighted by Gasteiger charge is 2.34. The number of ether oxygens (including phenoxy) is 2. The molecule has 1 saturated heterocycles. The Balaban J connectivity index is 2.73. The second-order valence-corrected chi connectivity index (χ2v) is 3.61. The molecule has 92 valence electrons. The Morgan fingerprint density at radius 1 is 1.56 bits per heavy atom. The summed E-state index contributed by atoms with van der Waals surface area (Å²) in [7, 11) is 3.01. The molecular formula is C10H18N2O4. The Kier molecular flexibility index (Phi) is 4.70. The van der Waals surface area contributed by atoms with Crippen LogP contribution in [0.5, 0.6) is 0 Å². The molecule has 0 aromatic carbocycles. The molecule has 0 radical (unpaired) electrons. The highest BCUT2D eigenvalue weighted by atomic mass is 16.5. The molecule has 0 spiro atoms. The molecule has 1 aliphatic rings. The molecule has 0 bridgehead atoms. The molecule has 1 rings (SSSR count). The summed E-state index contributed by atoms with van der Waals surface area (Å²) < 4.78 is 10.2. The molecule has 2 unspecified atom stereocenters. The molecule has 1 N–H and O–H groups in total. The molecule has 16 heavy (non-hydrogen) atoms. The lowest BCUT2D eigenvalue weighted by atomic mass is 10.2. The van der Waals surface area contributed by atoms with Crippen LogP contribution in [-0.4, -0.2) is 62.8 Å². The molecule has 1 fully saturated rings. The number of carbonyl (C=O) groups excluding carboxylic acids is 2. The van der Waals surface area contributed by atoms with Crippen molar-refractivity contribution in [3.05, 3.63) is 0 Å². The lowest BCUT2D eigenvalue weighted by molar-refractivity contribution is -0.155. The summed E-state index contributed by atoms with van der Waals surface area (Å²) in [4.78, 5) is 25.0. The lowest BCUT2D eigenvalue weighted by Gasteiger charge is -2.35. The standard InChI is InChI=1S/C10H18N2O4/c1-7(15-3)10(14)12-4-5-16-6-8(12)9(13)11-2/h7-8H,4-6H2,1-3H3,(H,11,13). The van der Waals surface area contributed by atoms with Crippen molar-refractivity contribution in [3.63, 3.8) is 0 Å². The maximum absolute atomic E-state index is 11.9. The molecule has 0 saturated carbocycles. The molecule has 1 aliphatic heterocycles. The van der Waals surface area contributed by atoms with Gasteiger partial charge in [-0.05, 0) is 6.92 Å². The van der Waals surface area contributed by atoms with Gasteiger partial charge in [-0.1, -0.05) is 0 Å². The largest absolute Gasteiger partial charge is 0.377 e. The van der Waals surface area contributed by atoms with Crippen molar-refractivity contribution < 1.29 is 19.1 Å². The Morgan fingerprint density at radius 3 is 2.81 bits per heavy atom. The van der Waals surface area contributed by atoms with Crippen LogP contribution in [0.25, 0.3) is 0 Å². The topological polar surface area (TPSA) is 67.9 Å². The van der Waals surface area contributed by atoms with Crippen molar-refractivity contribution in [2.75, 3.05) is 33.9 Å². The average molecular weight is 230 g/mol. The zero-order valence-electron chi connectivity index (χ0n) is 9.86. The van der Waals surface area contributed by atoms with E-state index in [4.69, 9.17) is 9.47 Å². The molecule has 0 aromatic heterocycles. The third-order valence-electron chi connectivity index (χ3n) is 2.66. The monoisotopic (exact) mass is 230 g/mol. The summed E-state index contributed by atoms with van der Waals surface area (Å²) in [6.45, 7) is 2.78. The number of nitrogens with one attached hydrogen (secondary N) is 1. The summed E-state index contributed by atoms with van der Waals surface area (Å²) in [6.07, 6.45) is -0.537. The van der Waals surface area contributed by atoms with Gasteiger partial charge < -0.3 is 19.7 Å². The van der Waals surface area contributed by atoms with Crippen LogP contribution in [0, 0.1) is 0 Å². The van der Waals surface area contributed by atoms with Gasteiger partial charge in [0, 0.05) is 20.7 Å². The van der Waals surface area contributed by atoms with Crippen LogP contribution in [-0.2, 0) is 19.1 Å². The second-order valence-electron chi connectivity index (χ2n) is 3.61. The third-order valence-corrected chi connectivity index (χ3v) is 2.66. The Morgan fingerprint density at radius 2 is 2.25 bits per heavy atom. The first-order valence-electron chi connectivity index (χ1n) is 5.24. The van der Waals surface area contributed by atoms with Crippen molar-refractivity contribution in [2.45, 2.75) is 19.1 Å². The van der Waals surface area contributed by atoms with Crippen molar-refractivity contribution >= 4 is 11.8 Å². The van der Waals surface area contributed by atoms with Crippen molar-refractivity contribution in [1.29, 1.82) is 0 Å². The number of hydrogen-bond acceptors (Lipinski definition) is 4. The van der Waals surface area contributed by atoms with E-state index in [2.05, 4.69) is 5.32 Å². The van der Waals surface area contributed by atoms with Gasteiger partial charge in [-0.3, -0.25) is 9.59 Å². The Hall–Kier alpha value is -1.14. The highest BCUT2D eigenvalue weighted by Crippen LogP contribution is 2.10. The van der Waals surface area contributed by atoms with Crippen molar-refractivity contribution in [2.24, 2.45) is 0 Å². The first kappa shape index (κ1) is 12.9. The van der Waals surface area contributed by atoms with Crippen LogP contribution in [0.15, 0.2) is 0 Å². The van der Waals surface area contributed by atoms with Crippen LogP contribution in [0.4, 0.5) is 0 Å². The normalized spacial score (nSPS) is 22.7. The molecule has 2 atom stereocenters. The fourth-order valence-electron chi connectivity index (χ4n) is 1.59. The molecule has 6 heteroatoms. The Bertz CT molecular complexity index is 270. The predicted octanol–water partition coefficient (Wildman–Crippen LogP) is -1.01. The molecular weight excluding hydrogens is 212 g/mol. The van der Waals surface area contributed by atoms with Crippen LogP contribution >= 0.6 is 0 Å². The van der Waals surface area contributed by atoms with Gasteiger partial charge in [0.05, 0.1) is 13.2 Å². The van der Waals surface area contributed by atoms with E-state index >= 15 is 0 Å². The molecule has 0 aliphatic carbocycles. The van der Waals surface area contributed by atoms with Gasteiger partial charge in [-0.15, -0.1) is 0 Å². The number of amides is 2. The van der Waals surface area contributed by atoms with E-state index in [-0.39, 0.29) is 18.4 Å². The maximum atomic E-state index is 11.9. The van der Waals surface area contributed by atoms with Crippen LogP contribution in [0.1, 0.15) is 6.92 Å². The second kappa shape index (κ2) is 5.81. The van der Waals surface area contributed by atoms with Crippen LogP contribution in [0.3, 0.4) is 0 Å². The number of hydrogen-bond donors (Lipinski definition) is 1. The number of nitrogens with zero attached hydrogens (tertiary/aromatic N) is 1. The summed E-state index contributed by atoms with van der Waals surface area (Å²) in [6, 6.07) is -0.552. The lowest BCUT2D eigenvalue weighted by Crippen LogP contribution is -2.57. The van der Waals surface area contributed by atoms with Gasteiger partial charge in [0.15, 0.2) is 0 Å². The summed E-state index contributed by atoms with van der Waals surface area (Å²) in [5, 5.41) is 2.52. The van der Waals surface area contributed by atoms with E-state index in [1.807, 2.05) is 0 Å². The van der Waals surface area contributed by atoms with Crippen molar-refractivity contribution in [3.8, 4) is 0 Å². The Labute approximate surface area is 94.9 Å². The third kappa shape index (κ3) is 2.70. The molecule has 0 aromatic rings.